The van der Waals surface area contributed by atoms with Gasteiger partial charge in [-0.2, -0.15) is 0 Å². The van der Waals surface area contributed by atoms with Crippen molar-refractivity contribution in [2.75, 3.05) is 0 Å². The molecule has 0 amide bonds. The molecule has 3 heteroatoms. The lowest BCUT2D eigenvalue weighted by Crippen LogP contribution is -2.21. The first-order valence-electron chi connectivity index (χ1n) is 5.16. The number of ketones is 1. The highest BCUT2D eigenvalue weighted by Crippen LogP contribution is 2.34. The Morgan fingerprint density at radius 1 is 1.57 bits per heavy atom. The Hall–Kier alpha value is -1.12. The highest BCUT2D eigenvalue weighted by Gasteiger charge is 2.28. The van der Waals surface area contributed by atoms with E-state index in [4.69, 9.17) is 0 Å². The molecule has 1 aliphatic rings. The number of carbonyl (C=O) groups is 1. The fourth-order valence-corrected chi connectivity index (χ4v) is 2.16. The van der Waals surface area contributed by atoms with Gasteiger partial charge < -0.3 is 4.57 Å². The van der Waals surface area contributed by atoms with Gasteiger partial charge in [0.05, 0.1) is 12.0 Å². The number of aryl methyl sites for hydroxylation is 1. The Morgan fingerprint density at radius 2 is 2.36 bits per heavy atom. The molecule has 0 radical (unpaired) electrons. The van der Waals surface area contributed by atoms with Crippen LogP contribution in [0.1, 0.15) is 37.8 Å². The third-order valence-electron chi connectivity index (χ3n) is 3.12. The summed E-state index contributed by atoms with van der Waals surface area (Å²) >= 11 is 0. The summed E-state index contributed by atoms with van der Waals surface area (Å²) in [5, 5.41) is 0. The Kier molecular flexibility index (Phi) is 2.40. The van der Waals surface area contributed by atoms with Gasteiger partial charge in [0, 0.05) is 32.0 Å². The predicted molar refractivity (Wildman–Crippen MR) is 54.0 cm³/mol. The van der Waals surface area contributed by atoms with Crippen molar-refractivity contribution in [2.45, 2.75) is 32.1 Å². The van der Waals surface area contributed by atoms with Gasteiger partial charge in [-0.15, -0.1) is 0 Å². The second-order valence-electron chi connectivity index (χ2n) is 4.33. The zero-order valence-electron chi connectivity index (χ0n) is 8.73. The van der Waals surface area contributed by atoms with E-state index in [0.717, 1.165) is 18.5 Å². The molecule has 2 unspecified atom stereocenters. The van der Waals surface area contributed by atoms with Crippen molar-refractivity contribution < 1.29 is 4.79 Å². The van der Waals surface area contributed by atoms with Gasteiger partial charge in [-0.3, -0.25) is 4.79 Å². The van der Waals surface area contributed by atoms with E-state index < -0.39 is 0 Å². The number of hydrogen-bond donors (Lipinski definition) is 0. The number of nitrogens with zero attached hydrogens (tertiary/aromatic N) is 2. The van der Waals surface area contributed by atoms with Gasteiger partial charge >= 0.3 is 0 Å². The molecule has 3 nitrogen and oxygen atoms in total. The first-order valence-corrected chi connectivity index (χ1v) is 5.16. The number of imidazole rings is 1. The molecule has 1 heterocycles. The van der Waals surface area contributed by atoms with E-state index >= 15 is 0 Å². The monoisotopic (exact) mass is 192 g/mol. The van der Waals surface area contributed by atoms with Crippen LogP contribution in [0.4, 0.5) is 0 Å². The molecular formula is C11H16N2O. The van der Waals surface area contributed by atoms with E-state index in [1.807, 2.05) is 17.8 Å². The molecule has 1 aliphatic carbocycles. The van der Waals surface area contributed by atoms with Gasteiger partial charge in [-0.05, 0) is 12.3 Å². The third kappa shape index (κ3) is 1.72. The molecule has 2 rings (SSSR count). The molecule has 76 valence electrons. The second-order valence-corrected chi connectivity index (χ2v) is 4.33. The highest BCUT2D eigenvalue weighted by molar-refractivity contribution is 5.80. The summed E-state index contributed by atoms with van der Waals surface area (Å²) in [7, 11) is 1.96. The Bertz CT molecular complexity index is 343. The predicted octanol–water partition coefficient (Wildman–Crippen LogP) is 1.89. The van der Waals surface area contributed by atoms with Crippen LogP contribution in [0, 0.1) is 5.92 Å². The number of carbonyl (C=O) groups excluding carboxylic acids is 1. The van der Waals surface area contributed by atoms with Crippen molar-refractivity contribution in [3.63, 3.8) is 0 Å². The number of hydrogen-bond acceptors (Lipinski definition) is 2. The zero-order chi connectivity index (χ0) is 10.1. The molecule has 2 atom stereocenters. The van der Waals surface area contributed by atoms with E-state index in [1.165, 1.54) is 0 Å². The Labute approximate surface area is 84.1 Å². The molecule has 14 heavy (non-hydrogen) atoms. The van der Waals surface area contributed by atoms with Crippen molar-refractivity contribution in [3.05, 3.63) is 18.2 Å². The number of aromatic nitrogens is 2. The number of rotatable bonds is 1. The Morgan fingerprint density at radius 3 is 3.00 bits per heavy atom. The summed E-state index contributed by atoms with van der Waals surface area (Å²) < 4.78 is 1.95. The van der Waals surface area contributed by atoms with Crippen molar-refractivity contribution in [1.82, 2.24) is 9.55 Å². The van der Waals surface area contributed by atoms with Crippen molar-refractivity contribution in [3.8, 4) is 0 Å². The van der Waals surface area contributed by atoms with E-state index in [1.54, 1.807) is 6.33 Å². The van der Waals surface area contributed by atoms with Crippen LogP contribution in [0.2, 0.25) is 0 Å². The number of Topliss-reactive ketones (excluding diaryl/α,β-unsaturated/α-hetero) is 1. The molecule has 0 aromatic carbocycles. The van der Waals surface area contributed by atoms with E-state index in [-0.39, 0.29) is 0 Å². The molecule has 1 aromatic heterocycles. The van der Waals surface area contributed by atoms with Gasteiger partial charge in [-0.1, -0.05) is 6.92 Å². The fourth-order valence-electron chi connectivity index (χ4n) is 2.16. The largest absolute Gasteiger partial charge is 0.340 e. The van der Waals surface area contributed by atoms with Crippen LogP contribution in [0.5, 0.6) is 0 Å². The van der Waals surface area contributed by atoms with Gasteiger partial charge in [0.25, 0.3) is 0 Å². The zero-order valence-corrected chi connectivity index (χ0v) is 8.73. The Balaban J connectivity index is 2.19. The standard InChI is InChI=1S/C11H16N2O/c1-8-3-4-9(14)5-10(8)11-6-13(2)7-12-11/h6-8,10H,3-5H2,1-2H3. The van der Waals surface area contributed by atoms with Crippen LogP contribution in [0.25, 0.3) is 0 Å². The molecule has 0 aliphatic heterocycles. The average Bonchev–Trinajstić information content (AvgIpc) is 2.56. The molecule has 1 aromatic rings. The molecule has 0 N–H and O–H groups in total. The smallest absolute Gasteiger partial charge is 0.133 e. The molecule has 1 saturated carbocycles. The minimum absolute atomic E-state index is 0.345. The van der Waals surface area contributed by atoms with E-state index in [9.17, 15) is 4.79 Å². The van der Waals surface area contributed by atoms with Crippen LogP contribution in [-0.4, -0.2) is 15.3 Å². The van der Waals surface area contributed by atoms with E-state index in [2.05, 4.69) is 11.9 Å². The summed E-state index contributed by atoms with van der Waals surface area (Å²) in [5.74, 6) is 1.32. The summed E-state index contributed by atoms with van der Waals surface area (Å²) in [6, 6.07) is 0. The minimum Gasteiger partial charge on any atom is -0.340 e. The molecule has 0 saturated heterocycles. The lowest BCUT2D eigenvalue weighted by atomic mass is 9.78. The maximum atomic E-state index is 11.4. The third-order valence-corrected chi connectivity index (χ3v) is 3.12. The van der Waals surface area contributed by atoms with Gasteiger partial charge in [0.1, 0.15) is 5.78 Å². The lowest BCUT2D eigenvalue weighted by molar-refractivity contribution is -0.121. The van der Waals surface area contributed by atoms with Crippen molar-refractivity contribution in [2.24, 2.45) is 13.0 Å². The van der Waals surface area contributed by atoms with Crippen molar-refractivity contribution >= 4 is 5.78 Å². The lowest BCUT2D eigenvalue weighted by Gasteiger charge is -2.26. The summed E-state index contributed by atoms with van der Waals surface area (Å²) in [4.78, 5) is 15.7. The average molecular weight is 192 g/mol. The van der Waals surface area contributed by atoms with Gasteiger partial charge in [0.2, 0.25) is 0 Å². The maximum Gasteiger partial charge on any atom is 0.133 e. The fraction of sp³-hybridized carbons (Fsp3) is 0.636. The van der Waals surface area contributed by atoms with Crippen LogP contribution >= 0.6 is 0 Å². The summed E-state index contributed by atoms with van der Waals surface area (Å²) in [6.07, 6.45) is 6.28. The van der Waals surface area contributed by atoms with Crippen LogP contribution < -0.4 is 0 Å². The van der Waals surface area contributed by atoms with Crippen LogP contribution in [0.15, 0.2) is 12.5 Å². The quantitative estimate of drug-likeness (QED) is 0.681. The van der Waals surface area contributed by atoms with Crippen molar-refractivity contribution in [1.29, 1.82) is 0 Å². The first kappa shape index (κ1) is 9.44. The molecular weight excluding hydrogens is 176 g/mol. The highest BCUT2D eigenvalue weighted by atomic mass is 16.1. The topological polar surface area (TPSA) is 34.9 Å². The van der Waals surface area contributed by atoms with Crippen LogP contribution in [-0.2, 0) is 11.8 Å². The van der Waals surface area contributed by atoms with Gasteiger partial charge in [0.15, 0.2) is 0 Å². The second kappa shape index (κ2) is 3.56. The molecule has 0 bridgehead atoms. The maximum absolute atomic E-state index is 11.4. The summed E-state index contributed by atoms with van der Waals surface area (Å²) in [6.45, 7) is 2.21. The molecule has 1 fully saturated rings. The molecule has 0 spiro atoms. The first-order chi connectivity index (χ1) is 6.66. The van der Waals surface area contributed by atoms with Gasteiger partial charge in [-0.25, -0.2) is 4.98 Å². The SMILES string of the molecule is CC1CCC(=O)CC1c1cn(C)cn1. The summed E-state index contributed by atoms with van der Waals surface area (Å²) in [5.41, 5.74) is 1.08. The van der Waals surface area contributed by atoms with E-state index in [0.29, 0.717) is 24.0 Å². The minimum atomic E-state index is 0.345. The normalized spacial score (nSPS) is 28.0. The van der Waals surface area contributed by atoms with Crippen LogP contribution in [0.3, 0.4) is 0 Å².